The van der Waals surface area contributed by atoms with Gasteiger partial charge in [0.15, 0.2) is 0 Å². The quantitative estimate of drug-likeness (QED) is 0.525. The zero-order valence-electron chi connectivity index (χ0n) is 14.1. The van der Waals surface area contributed by atoms with Gasteiger partial charge in [-0.25, -0.2) is 0 Å². The van der Waals surface area contributed by atoms with Gasteiger partial charge in [0, 0.05) is 0 Å². The predicted molar refractivity (Wildman–Crippen MR) is 82.6 cm³/mol. The van der Waals surface area contributed by atoms with Gasteiger partial charge in [0.05, 0.1) is 0 Å². The molecule has 0 spiro atoms. The SMILES string of the molecule is CC(C)(C)C1=CC=CC1.CC(C)(C)C1=CC=CC1.[Cl-].[Cl-].[Ti+4]. The monoisotopic (exact) mass is 362 g/mol. The minimum Gasteiger partial charge on any atom is -1.00 e. The molecule has 0 saturated carbocycles. The van der Waals surface area contributed by atoms with Crippen LogP contribution in [-0.2, 0) is 21.7 Å². The number of allylic oxidation sites excluding steroid dienone is 8. The van der Waals surface area contributed by atoms with Crippen LogP contribution < -0.4 is 24.8 Å². The molecule has 21 heavy (non-hydrogen) atoms. The second-order valence-corrected chi connectivity index (χ2v) is 7.15. The maximum atomic E-state index is 2.26. The second kappa shape index (κ2) is 10.9. The molecule has 0 saturated heterocycles. The fourth-order valence-corrected chi connectivity index (χ4v) is 2.01. The Balaban J connectivity index is -0.000000270. The Labute approximate surface area is 158 Å². The van der Waals surface area contributed by atoms with Crippen LogP contribution in [0, 0.1) is 10.8 Å². The van der Waals surface area contributed by atoms with E-state index in [4.69, 9.17) is 0 Å². The average Bonchev–Trinajstić information content (AvgIpc) is 2.91. The molecule has 2 aliphatic rings. The van der Waals surface area contributed by atoms with Crippen molar-refractivity contribution in [3.8, 4) is 0 Å². The van der Waals surface area contributed by atoms with E-state index in [1.807, 2.05) is 0 Å². The number of hydrogen-bond donors (Lipinski definition) is 0. The van der Waals surface area contributed by atoms with Crippen LogP contribution in [0.1, 0.15) is 54.4 Å². The van der Waals surface area contributed by atoms with Crippen molar-refractivity contribution in [1.82, 2.24) is 0 Å². The minimum atomic E-state index is 0. The Hall–Kier alpha value is 0.254. The molecule has 0 radical (unpaired) electrons. The molecule has 2 rings (SSSR count). The molecule has 0 aromatic carbocycles. The summed E-state index contributed by atoms with van der Waals surface area (Å²) < 4.78 is 0. The molecule has 2 aliphatic carbocycles. The Morgan fingerprint density at radius 2 is 0.952 bits per heavy atom. The topological polar surface area (TPSA) is 0 Å². The van der Waals surface area contributed by atoms with Gasteiger partial charge in [-0.2, -0.15) is 0 Å². The molecule has 0 atom stereocenters. The van der Waals surface area contributed by atoms with E-state index in [0.29, 0.717) is 10.8 Å². The van der Waals surface area contributed by atoms with Gasteiger partial charge in [0.2, 0.25) is 0 Å². The molecule has 0 aromatic heterocycles. The first-order chi connectivity index (χ1) is 8.21. The molecular weight excluding hydrogens is 335 g/mol. The summed E-state index contributed by atoms with van der Waals surface area (Å²) in [6, 6.07) is 0. The molecular formula is C18H28Cl2Ti+2. The summed E-state index contributed by atoms with van der Waals surface area (Å²) in [5, 5.41) is 0. The second-order valence-electron chi connectivity index (χ2n) is 7.15. The number of hydrogen-bond acceptors (Lipinski definition) is 0. The van der Waals surface area contributed by atoms with E-state index in [9.17, 15) is 0 Å². The van der Waals surface area contributed by atoms with Crippen LogP contribution >= 0.6 is 0 Å². The number of halogens is 2. The molecule has 116 valence electrons. The van der Waals surface area contributed by atoms with E-state index < -0.39 is 0 Å². The van der Waals surface area contributed by atoms with Crippen LogP contribution in [0.5, 0.6) is 0 Å². The van der Waals surface area contributed by atoms with Crippen molar-refractivity contribution in [2.45, 2.75) is 54.4 Å². The molecule has 0 aliphatic heterocycles. The Morgan fingerprint density at radius 1 is 0.667 bits per heavy atom. The van der Waals surface area contributed by atoms with E-state index in [1.165, 1.54) is 0 Å². The molecule has 0 fully saturated rings. The van der Waals surface area contributed by atoms with Crippen molar-refractivity contribution >= 4 is 0 Å². The molecule has 0 unspecified atom stereocenters. The fourth-order valence-electron chi connectivity index (χ4n) is 2.01. The zero-order chi connectivity index (χ0) is 13.8. The van der Waals surface area contributed by atoms with Crippen molar-refractivity contribution in [3.63, 3.8) is 0 Å². The number of rotatable bonds is 0. The van der Waals surface area contributed by atoms with E-state index in [-0.39, 0.29) is 46.5 Å². The molecule has 0 amide bonds. The van der Waals surface area contributed by atoms with Crippen LogP contribution in [0.4, 0.5) is 0 Å². The summed E-state index contributed by atoms with van der Waals surface area (Å²) in [4.78, 5) is 0. The van der Waals surface area contributed by atoms with Gasteiger partial charge in [-0.1, -0.05) is 89.1 Å². The van der Waals surface area contributed by atoms with Gasteiger partial charge in [-0.15, -0.1) is 0 Å². The third kappa shape index (κ3) is 9.79. The van der Waals surface area contributed by atoms with Crippen molar-refractivity contribution < 1.29 is 46.5 Å². The maximum absolute atomic E-state index is 2.26. The van der Waals surface area contributed by atoms with Gasteiger partial charge in [0.1, 0.15) is 0 Å². The summed E-state index contributed by atoms with van der Waals surface area (Å²) >= 11 is 0. The van der Waals surface area contributed by atoms with Gasteiger partial charge in [0.25, 0.3) is 0 Å². The first-order valence-electron chi connectivity index (χ1n) is 6.93. The fraction of sp³-hybridized carbons (Fsp3) is 0.556. The Kier molecular flexibility index (Phi) is 13.6. The Morgan fingerprint density at radius 3 is 1.05 bits per heavy atom. The summed E-state index contributed by atoms with van der Waals surface area (Å²) in [5.74, 6) is 0. The van der Waals surface area contributed by atoms with E-state index in [0.717, 1.165) is 12.8 Å². The molecule has 0 bridgehead atoms. The first-order valence-corrected chi connectivity index (χ1v) is 6.93. The van der Waals surface area contributed by atoms with Gasteiger partial charge in [-0.3, -0.25) is 0 Å². The van der Waals surface area contributed by atoms with E-state index in [1.54, 1.807) is 11.1 Å². The normalized spacial score (nSPS) is 15.7. The predicted octanol–water partition coefficient (Wildman–Crippen LogP) is -0.157. The smallest absolute Gasteiger partial charge is 1.00 e. The molecule has 0 heterocycles. The molecule has 0 aromatic rings. The van der Waals surface area contributed by atoms with E-state index in [2.05, 4.69) is 78.0 Å². The van der Waals surface area contributed by atoms with Crippen LogP contribution in [0.3, 0.4) is 0 Å². The molecule has 0 nitrogen and oxygen atoms in total. The van der Waals surface area contributed by atoms with Gasteiger partial charge < -0.3 is 24.8 Å². The third-order valence-electron chi connectivity index (χ3n) is 3.47. The van der Waals surface area contributed by atoms with Gasteiger partial charge in [-0.05, 0) is 23.7 Å². The standard InChI is InChI=1S/2C9H14.2ClH.Ti/c2*1-9(2,3)8-6-4-5-7-8;;;/h2*4-6H,7H2,1-3H3;2*1H;/q;;;;+4/p-2. The zero-order valence-corrected chi connectivity index (χ0v) is 17.2. The molecule has 0 N–H and O–H groups in total. The van der Waals surface area contributed by atoms with Crippen molar-refractivity contribution in [2.75, 3.05) is 0 Å². The minimum absolute atomic E-state index is 0. The Bertz CT molecular complexity index is 362. The summed E-state index contributed by atoms with van der Waals surface area (Å²) in [7, 11) is 0. The van der Waals surface area contributed by atoms with Crippen LogP contribution in [-0.4, -0.2) is 0 Å². The van der Waals surface area contributed by atoms with Crippen LogP contribution in [0.15, 0.2) is 47.6 Å². The van der Waals surface area contributed by atoms with Crippen molar-refractivity contribution in [3.05, 3.63) is 47.6 Å². The largest absolute Gasteiger partial charge is 4.00 e. The van der Waals surface area contributed by atoms with Gasteiger partial charge >= 0.3 is 21.7 Å². The van der Waals surface area contributed by atoms with Crippen LogP contribution in [0.25, 0.3) is 0 Å². The third-order valence-corrected chi connectivity index (χ3v) is 3.47. The van der Waals surface area contributed by atoms with E-state index >= 15 is 0 Å². The summed E-state index contributed by atoms with van der Waals surface area (Å²) in [5.41, 5.74) is 3.84. The van der Waals surface area contributed by atoms with Crippen LogP contribution in [0.2, 0.25) is 0 Å². The summed E-state index contributed by atoms with van der Waals surface area (Å²) in [6.45, 7) is 13.5. The average molecular weight is 363 g/mol. The summed E-state index contributed by atoms with van der Waals surface area (Å²) in [6.07, 6.45) is 15.5. The van der Waals surface area contributed by atoms with Crippen molar-refractivity contribution in [2.24, 2.45) is 10.8 Å². The molecule has 3 heteroatoms. The maximum Gasteiger partial charge on any atom is 4.00 e. The van der Waals surface area contributed by atoms with Crippen molar-refractivity contribution in [1.29, 1.82) is 0 Å². The first kappa shape index (κ1) is 26.2.